The van der Waals surface area contributed by atoms with Gasteiger partial charge in [0.1, 0.15) is 12.4 Å². The largest absolute Gasteiger partial charge is 0.489 e. The predicted octanol–water partition coefficient (Wildman–Crippen LogP) is 0.519. The van der Waals surface area contributed by atoms with E-state index in [1.54, 1.807) is 12.1 Å². The molecule has 0 aromatic heterocycles. The summed E-state index contributed by atoms with van der Waals surface area (Å²) in [6.45, 7) is 4.72. The van der Waals surface area contributed by atoms with E-state index in [2.05, 4.69) is 16.0 Å². The van der Waals surface area contributed by atoms with Crippen molar-refractivity contribution < 1.29 is 19.1 Å². The van der Waals surface area contributed by atoms with Crippen LogP contribution in [0.5, 0.6) is 5.75 Å². The Hall–Kier alpha value is -2.12. The van der Waals surface area contributed by atoms with Gasteiger partial charge in [0, 0.05) is 19.7 Å². The quantitative estimate of drug-likeness (QED) is 0.608. The molecule has 7 nitrogen and oxygen atoms in total. The molecule has 2 amide bonds. The number of carbonyl (C=O) groups excluding carboxylic acids is 2. The van der Waals surface area contributed by atoms with Gasteiger partial charge in [-0.15, -0.1) is 0 Å². The second kappa shape index (κ2) is 9.12. The Morgan fingerprint density at radius 1 is 1.30 bits per heavy atom. The van der Waals surface area contributed by atoms with Gasteiger partial charge in [-0.05, 0) is 19.1 Å². The van der Waals surface area contributed by atoms with E-state index in [9.17, 15) is 9.59 Å². The topological polar surface area (TPSA) is 88.7 Å². The minimum atomic E-state index is -0.491. The van der Waals surface area contributed by atoms with E-state index >= 15 is 0 Å². The molecule has 1 fully saturated rings. The van der Waals surface area contributed by atoms with E-state index in [0.29, 0.717) is 44.3 Å². The Labute approximate surface area is 135 Å². The number of rotatable bonds is 8. The molecule has 126 valence electrons. The van der Waals surface area contributed by atoms with E-state index < -0.39 is 6.04 Å². The second-order valence-corrected chi connectivity index (χ2v) is 5.09. The van der Waals surface area contributed by atoms with Crippen LogP contribution in [0.15, 0.2) is 24.3 Å². The van der Waals surface area contributed by atoms with Crippen LogP contribution in [-0.2, 0) is 14.3 Å². The number of anilines is 1. The Kier molecular flexibility index (Phi) is 6.83. The fourth-order valence-corrected chi connectivity index (χ4v) is 2.25. The van der Waals surface area contributed by atoms with Crippen LogP contribution in [-0.4, -0.2) is 50.8 Å². The summed E-state index contributed by atoms with van der Waals surface area (Å²) in [6.07, 6.45) is 0.0825. The van der Waals surface area contributed by atoms with Crippen LogP contribution in [0.3, 0.4) is 0 Å². The van der Waals surface area contributed by atoms with Crippen molar-refractivity contribution in [1.82, 2.24) is 10.6 Å². The Balaban J connectivity index is 1.88. The molecule has 1 aromatic rings. The van der Waals surface area contributed by atoms with Crippen molar-refractivity contribution in [2.75, 3.05) is 38.2 Å². The van der Waals surface area contributed by atoms with Crippen LogP contribution < -0.4 is 20.7 Å². The molecule has 0 bridgehead atoms. The number of amides is 2. The molecule has 2 rings (SSSR count). The summed E-state index contributed by atoms with van der Waals surface area (Å²) in [5.74, 6) is 0.203. The maximum atomic E-state index is 12.1. The zero-order valence-electron chi connectivity index (χ0n) is 13.3. The zero-order valence-corrected chi connectivity index (χ0v) is 13.3. The lowest BCUT2D eigenvalue weighted by Gasteiger charge is -2.23. The summed E-state index contributed by atoms with van der Waals surface area (Å²) in [7, 11) is 0. The lowest BCUT2D eigenvalue weighted by atomic mass is 10.1. The highest BCUT2D eigenvalue weighted by atomic mass is 16.5. The van der Waals surface area contributed by atoms with Crippen LogP contribution in [0.4, 0.5) is 5.69 Å². The van der Waals surface area contributed by atoms with E-state index in [0.717, 1.165) is 0 Å². The van der Waals surface area contributed by atoms with Crippen LogP contribution in [0.25, 0.3) is 0 Å². The Bertz CT molecular complexity index is 536. The maximum absolute atomic E-state index is 12.1. The molecule has 7 heteroatoms. The molecule has 1 aromatic carbocycles. The van der Waals surface area contributed by atoms with Gasteiger partial charge in [-0.3, -0.25) is 9.59 Å². The van der Waals surface area contributed by atoms with Crippen molar-refractivity contribution >= 4 is 17.5 Å². The van der Waals surface area contributed by atoms with Gasteiger partial charge in [0.15, 0.2) is 0 Å². The number of para-hydroxylation sites is 2. The minimum Gasteiger partial charge on any atom is -0.489 e. The van der Waals surface area contributed by atoms with E-state index in [4.69, 9.17) is 9.47 Å². The molecule has 3 N–H and O–H groups in total. The lowest BCUT2D eigenvalue weighted by Crippen LogP contribution is -2.53. The highest BCUT2D eigenvalue weighted by Crippen LogP contribution is 2.23. The van der Waals surface area contributed by atoms with Gasteiger partial charge in [0.05, 0.1) is 24.8 Å². The molecule has 0 radical (unpaired) electrons. The van der Waals surface area contributed by atoms with Crippen molar-refractivity contribution in [2.24, 2.45) is 0 Å². The monoisotopic (exact) mass is 321 g/mol. The zero-order chi connectivity index (χ0) is 16.5. The molecular formula is C16H23N3O4. The smallest absolute Gasteiger partial charge is 0.237 e. The Morgan fingerprint density at radius 2 is 2.13 bits per heavy atom. The summed E-state index contributed by atoms with van der Waals surface area (Å²) in [4.78, 5) is 23.8. The number of benzene rings is 1. The summed E-state index contributed by atoms with van der Waals surface area (Å²) in [5.41, 5.74) is 0.588. The number of nitrogens with one attached hydrogen (secondary N) is 3. The normalized spacial score (nSPS) is 17.4. The number of ether oxygens (including phenoxy) is 2. The molecule has 1 aliphatic rings. The number of piperazine rings is 1. The van der Waals surface area contributed by atoms with Gasteiger partial charge in [-0.1, -0.05) is 12.1 Å². The van der Waals surface area contributed by atoms with Gasteiger partial charge in [0.2, 0.25) is 11.8 Å². The average molecular weight is 321 g/mol. The molecule has 1 unspecified atom stereocenters. The molecule has 1 aliphatic heterocycles. The predicted molar refractivity (Wildman–Crippen MR) is 86.5 cm³/mol. The van der Waals surface area contributed by atoms with E-state index in [1.807, 2.05) is 19.1 Å². The highest BCUT2D eigenvalue weighted by molar-refractivity contribution is 5.96. The summed E-state index contributed by atoms with van der Waals surface area (Å²) in [6, 6.07) is 6.71. The summed E-state index contributed by atoms with van der Waals surface area (Å²) in [5, 5.41) is 8.55. The summed E-state index contributed by atoms with van der Waals surface area (Å²) >= 11 is 0. The van der Waals surface area contributed by atoms with Crippen molar-refractivity contribution in [1.29, 1.82) is 0 Å². The van der Waals surface area contributed by atoms with E-state index in [-0.39, 0.29) is 18.2 Å². The lowest BCUT2D eigenvalue weighted by molar-refractivity contribution is -0.127. The maximum Gasteiger partial charge on any atom is 0.237 e. The van der Waals surface area contributed by atoms with Crippen molar-refractivity contribution in [3.63, 3.8) is 0 Å². The number of hydrogen-bond donors (Lipinski definition) is 3. The summed E-state index contributed by atoms with van der Waals surface area (Å²) < 4.78 is 10.8. The van der Waals surface area contributed by atoms with Gasteiger partial charge in [-0.2, -0.15) is 0 Å². The van der Waals surface area contributed by atoms with Gasteiger partial charge in [-0.25, -0.2) is 0 Å². The molecule has 1 heterocycles. The average Bonchev–Trinajstić information content (AvgIpc) is 2.55. The van der Waals surface area contributed by atoms with Crippen LogP contribution in [0.2, 0.25) is 0 Å². The first-order valence-electron chi connectivity index (χ1n) is 7.81. The third-order valence-corrected chi connectivity index (χ3v) is 3.37. The molecule has 1 saturated heterocycles. The number of carbonyl (C=O) groups is 2. The third-order valence-electron chi connectivity index (χ3n) is 3.37. The van der Waals surface area contributed by atoms with Crippen LogP contribution >= 0.6 is 0 Å². The van der Waals surface area contributed by atoms with Gasteiger partial charge in [0.25, 0.3) is 0 Å². The van der Waals surface area contributed by atoms with Crippen molar-refractivity contribution in [2.45, 2.75) is 19.4 Å². The van der Waals surface area contributed by atoms with E-state index in [1.165, 1.54) is 0 Å². The molecule has 0 saturated carbocycles. The molecule has 0 aliphatic carbocycles. The van der Waals surface area contributed by atoms with Gasteiger partial charge < -0.3 is 25.4 Å². The second-order valence-electron chi connectivity index (χ2n) is 5.09. The highest BCUT2D eigenvalue weighted by Gasteiger charge is 2.24. The SMILES string of the molecule is CCOCCOc1ccccc1NC(=O)CC1NCCNC1=O. The third kappa shape index (κ3) is 5.54. The first-order chi connectivity index (χ1) is 11.2. The van der Waals surface area contributed by atoms with Crippen molar-refractivity contribution in [3.05, 3.63) is 24.3 Å². The Morgan fingerprint density at radius 3 is 2.91 bits per heavy atom. The minimum absolute atomic E-state index is 0.0825. The van der Waals surface area contributed by atoms with Crippen LogP contribution in [0, 0.1) is 0 Å². The fourth-order valence-electron chi connectivity index (χ4n) is 2.25. The molecule has 1 atom stereocenters. The molecule has 0 spiro atoms. The molecule has 23 heavy (non-hydrogen) atoms. The molecular weight excluding hydrogens is 298 g/mol. The standard InChI is InChI=1S/C16H23N3O4/c1-2-22-9-10-23-14-6-4-3-5-12(14)19-15(20)11-13-16(21)18-8-7-17-13/h3-6,13,17H,2,7-11H2,1H3,(H,18,21)(H,19,20). The fraction of sp³-hybridized carbons (Fsp3) is 0.500. The number of hydrogen-bond acceptors (Lipinski definition) is 5. The first-order valence-corrected chi connectivity index (χ1v) is 7.81. The first kappa shape index (κ1) is 17.2. The van der Waals surface area contributed by atoms with Gasteiger partial charge >= 0.3 is 0 Å². The van der Waals surface area contributed by atoms with Crippen molar-refractivity contribution in [3.8, 4) is 5.75 Å². The van der Waals surface area contributed by atoms with Crippen LogP contribution in [0.1, 0.15) is 13.3 Å².